The lowest BCUT2D eigenvalue weighted by Crippen LogP contribution is -2.38. The molecule has 0 saturated carbocycles. The Hall–Kier alpha value is -2.76. The monoisotopic (exact) mass is 369 g/mol. The van der Waals surface area contributed by atoms with Gasteiger partial charge < -0.3 is 20.3 Å². The number of pyridine rings is 1. The van der Waals surface area contributed by atoms with Crippen molar-refractivity contribution < 1.29 is 4.74 Å². The highest BCUT2D eigenvalue weighted by Gasteiger charge is 2.06. The number of rotatable bonds is 10. The largest absolute Gasteiger partial charge is 0.494 e. The first kappa shape index (κ1) is 20.6. The summed E-state index contributed by atoms with van der Waals surface area (Å²) in [6, 6.07) is 14.1. The van der Waals surface area contributed by atoms with Crippen molar-refractivity contribution in [2.24, 2.45) is 4.99 Å². The number of guanidine groups is 1. The lowest BCUT2D eigenvalue weighted by molar-refractivity contribution is 0.340. The summed E-state index contributed by atoms with van der Waals surface area (Å²) in [5.41, 5.74) is 1.23. The van der Waals surface area contributed by atoms with Crippen LogP contribution in [-0.4, -0.2) is 49.6 Å². The van der Waals surface area contributed by atoms with E-state index in [9.17, 15) is 0 Å². The van der Waals surface area contributed by atoms with Crippen LogP contribution in [0.2, 0.25) is 0 Å². The maximum atomic E-state index is 5.49. The van der Waals surface area contributed by atoms with Gasteiger partial charge in [0, 0.05) is 39.9 Å². The number of hydrogen-bond donors (Lipinski definition) is 2. The van der Waals surface area contributed by atoms with E-state index in [0.717, 1.165) is 50.0 Å². The first-order valence-corrected chi connectivity index (χ1v) is 9.51. The van der Waals surface area contributed by atoms with E-state index in [1.165, 1.54) is 5.56 Å². The van der Waals surface area contributed by atoms with Crippen molar-refractivity contribution in [2.75, 3.05) is 39.1 Å². The Kier molecular flexibility index (Phi) is 8.96. The molecule has 0 saturated heterocycles. The highest BCUT2D eigenvalue weighted by Crippen LogP contribution is 2.13. The molecule has 6 heteroatoms. The lowest BCUT2D eigenvalue weighted by Gasteiger charge is -2.22. The molecule has 0 amide bonds. The molecule has 0 unspecified atom stereocenters. The van der Waals surface area contributed by atoms with Gasteiger partial charge in [0.1, 0.15) is 11.6 Å². The van der Waals surface area contributed by atoms with Gasteiger partial charge in [0.25, 0.3) is 0 Å². The van der Waals surface area contributed by atoms with Gasteiger partial charge in [-0.05, 0) is 49.6 Å². The van der Waals surface area contributed by atoms with Gasteiger partial charge in [-0.3, -0.25) is 4.99 Å². The second-order valence-electron chi connectivity index (χ2n) is 6.26. The van der Waals surface area contributed by atoms with E-state index < -0.39 is 0 Å². The third-order valence-corrected chi connectivity index (χ3v) is 4.09. The predicted octanol–water partition coefficient (Wildman–Crippen LogP) is 3.38. The van der Waals surface area contributed by atoms with Crippen LogP contribution in [0.25, 0.3) is 0 Å². The van der Waals surface area contributed by atoms with Crippen LogP contribution in [0.5, 0.6) is 5.75 Å². The quantitative estimate of drug-likeness (QED) is 0.382. The molecule has 1 aromatic carbocycles. The Morgan fingerprint density at radius 1 is 1.11 bits per heavy atom. The van der Waals surface area contributed by atoms with E-state index in [-0.39, 0.29) is 0 Å². The molecule has 6 nitrogen and oxygen atoms in total. The molecule has 0 bridgehead atoms. The second-order valence-corrected chi connectivity index (χ2v) is 6.26. The van der Waals surface area contributed by atoms with Crippen molar-refractivity contribution in [1.29, 1.82) is 0 Å². The molecule has 0 aliphatic carbocycles. The van der Waals surface area contributed by atoms with Crippen LogP contribution in [0.3, 0.4) is 0 Å². The summed E-state index contributed by atoms with van der Waals surface area (Å²) in [4.78, 5) is 10.8. The van der Waals surface area contributed by atoms with E-state index in [0.29, 0.717) is 6.61 Å². The predicted molar refractivity (Wildman–Crippen MR) is 112 cm³/mol. The third-order valence-electron chi connectivity index (χ3n) is 4.09. The maximum Gasteiger partial charge on any atom is 0.193 e. The van der Waals surface area contributed by atoms with Crippen molar-refractivity contribution in [3.8, 4) is 5.75 Å². The van der Waals surface area contributed by atoms with Crippen molar-refractivity contribution in [3.05, 3.63) is 54.2 Å². The van der Waals surface area contributed by atoms with Crippen molar-refractivity contribution in [3.63, 3.8) is 0 Å². The Labute approximate surface area is 162 Å². The highest BCUT2D eigenvalue weighted by atomic mass is 16.5. The fourth-order valence-corrected chi connectivity index (χ4v) is 2.73. The first-order valence-electron chi connectivity index (χ1n) is 9.51. The average molecular weight is 370 g/mol. The van der Waals surface area contributed by atoms with Gasteiger partial charge in [0.15, 0.2) is 5.96 Å². The van der Waals surface area contributed by atoms with Gasteiger partial charge in [-0.15, -0.1) is 0 Å². The number of ether oxygens (including phenoxy) is 1. The molecule has 0 radical (unpaired) electrons. The summed E-state index contributed by atoms with van der Waals surface area (Å²) >= 11 is 0. The maximum absolute atomic E-state index is 5.49. The Morgan fingerprint density at radius 3 is 2.56 bits per heavy atom. The van der Waals surface area contributed by atoms with Crippen LogP contribution in [0.1, 0.15) is 25.3 Å². The van der Waals surface area contributed by atoms with E-state index >= 15 is 0 Å². The van der Waals surface area contributed by atoms with Gasteiger partial charge in [-0.25, -0.2) is 4.98 Å². The number of nitrogens with one attached hydrogen (secondary N) is 2. The molecule has 0 atom stereocenters. The van der Waals surface area contributed by atoms with Gasteiger partial charge in [-0.1, -0.05) is 18.2 Å². The molecular weight excluding hydrogens is 338 g/mol. The molecule has 2 rings (SSSR count). The number of aromatic nitrogens is 1. The summed E-state index contributed by atoms with van der Waals surface area (Å²) in [5, 5.41) is 6.75. The molecule has 0 aliphatic heterocycles. The Morgan fingerprint density at radius 2 is 1.89 bits per heavy atom. The standard InChI is InChI=1S/C21H31N5O/c1-4-27-19-12-10-18(11-13-19)17-26(3)21(22-2)25-16-8-7-15-24-20-9-5-6-14-23-20/h5-6,9-14H,4,7-8,15-17H2,1-3H3,(H,22,25)(H,23,24). The number of hydrogen-bond acceptors (Lipinski definition) is 4. The number of nitrogens with zero attached hydrogens (tertiary/aromatic N) is 3. The molecule has 0 aliphatic rings. The average Bonchev–Trinajstić information content (AvgIpc) is 2.70. The summed E-state index contributed by atoms with van der Waals surface area (Å²) in [6.45, 7) is 5.29. The number of unbranched alkanes of at least 4 members (excludes halogenated alkanes) is 1. The van der Waals surface area contributed by atoms with Crippen molar-refractivity contribution >= 4 is 11.8 Å². The zero-order valence-electron chi connectivity index (χ0n) is 16.6. The summed E-state index contributed by atoms with van der Waals surface area (Å²) in [6.07, 6.45) is 3.94. The molecule has 27 heavy (non-hydrogen) atoms. The van der Waals surface area contributed by atoms with Gasteiger partial charge in [0.05, 0.1) is 6.61 Å². The van der Waals surface area contributed by atoms with Gasteiger partial charge in [-0.2, -0.15) is 0 Å². The van der Waals surface area contributed by atoms with Crippen LogP contribution >= 0.6 is 0 Å². The molecule has 0 spiro atoms. The van der Waals surface area contributed by atoms with Crippen molar-refractivity contribution in [2.45, 2.75) is 26.3 Å². The fourth-order valence-electron chi connectivity index (χ4n) is 2.73. The van der Waals surface area contributed by atoms with E-state index in [1.54, 1.807) is 6.20 Å². The molecule has 2 N–H and O–H groups in total. The Bertz CT molecular complexity index is 673. The van der Waals surface area contributed by atoms with E-state index in [2.05, 4.69) is 44.7 Å². The van der Waals surface area contributed by atoms with E-state index in [1.807, 2.05) is 44.3 Å². The third kappa shape index (κ3) is 7.56. The van der Waals surface area contributed by atoms with Gasteiger partial charge in [0.2, 0.25) is 0 Å². The first-order chi connectivity index (χ1) is 13.2. The highest BCUT2D eigenvalue weighted by molar-refractivity contribution is 5.79. The fraction of sp³-hybridized carbons (Fsp3) is 0.429. The normalized spacial score (nSPS) is 11.1. The molecule has 2 aromatic rings. The minimum Gasteiger partial charge on any atom is -0.494 e. The smallest absolute Gasteiger partial charge is 0.193 e. The zero-order chi connectivity index (χ0) is 19.3. The summed E-state index contributed by atoms with van der Waals surface area (Å²) in [5.74, 6) is 2.74. The minimum atomic E-state index is 0.688. The molecule has 0 fully saturated rings. The van der Waals surface area contributed by atoms with Crippen LogP contribution < -0.4 is 15.4 Å². The topological polar surface area (TPSA) is 61.8 Å². The summed E-state index contributed by atoms with van der Waals surface area (Å²) < 4.78 is 5.49. The molecular formula is C21H31N5O. The lowest BCUT2D eigenvalue weighted by atomic mass is 10.2. The Balaban J connectivity index is 1.66. The SMILES string of the molecule is CCOc1ccc(CN(C)C(=NC)NCCCCNc2ccccn2)cc1. The van der Waals surface area contributed by atoms with Crippen molar-refractivity contribution in [1.82, 2.24) is 15.2 Å². The number of aliphatic imine (C=N–C) groups is 1. The summed E-state index contributed by atoms with van der Waals surface area (Å²) in [7, 11) is 3.87. The van der Waals surface area contributed by atoms with E-state index in [4.69, 9.17) is 4.74 Å². The second kappa shape index (κ2) is 11.8. The van der Waals surface area contributed by atoms with Crippen LogP contribution in [0, 0.1) is 0 Å². The molecule has 146 valence electrons. The number of benzene rings is 1. The van der Waals surface area contributed by atoms with Crippen LogP contribution in [-0.2, 0) is 6.54 Å². The number of anilines is 1. The van der Waals surface area contributed by atoms with Crippen LogP contribution in [0.15, 0.2) is 53.7 Å². The zero-order valence-corrected chi connectivity index (χ0v) is 16.6. The van der Waals surface area contributed by atoms with Gasteiger partial charge >= 0.3 is 0 Å². The molecule has 1 heterocycles. The molecule has 1 aromatic heterocycles. The minimum absolute atomic E-state index is 0.688. The van der Waals surface area contributed by atoms with Crippen LogP contribution in [0.4, 0.5) is 5.82 Å².